The van der Waals surface area contributed by atoms with Crippen LogP contribution in [0.1, 0.15) is 29.9 Å². The number of hydrogen-bond donors (Lipinski definition) is 1. The Kier molecular flexibility index (Phi) is 2.67. The highest BCUT2D eigenvalue weighted by molar-refractivity contribution is 5.64. The van der Waals surface area contributed by atoms with Crippen LogP contribution in [0.2, 0.25) is 0 Å². The number of hydrogen-bond acceptors (Lipinski definition) is 3. The van der Waals surface area contributed by atoms with Crippen molar-refractivity contribution in [3.8, 4) is 11.4 Å². The van der Waals surface area contributed by atoms with Gasteiger partial charge in [0.15, 0.2) is 5.82 Å². The van der Waals surface area contributed by atoms with Crippen molar-refractivity contribution in [2.75, 3.05) is 6.54 Å². The maximum Gasteiger partial charge on any atom is 0.164 e. The highest BCUT2D eigenvalue weighted by atomic mass is 15.3. The van der Waals surface area contributed by atoms with Gasteiger partial charge in [0.2, 0.25) is 0 Å². The van der Waals surface area contributed by atoms with E-state index >= 15 is 0 Å². The predicted molar refractivity (Wildman–Crippen MR) is 71.3 cm³/mol. The average molecular weight is 242 g/mol. The van der Waals surface area contributed by atoms with Crippen molar-refractivity contribution in [3.63, 3.8) is 0 Å². The lowest BCUT2D eigenvalue weighted by Gasteiger charge is -2.22. The van der Waals surface area contributed by atoms with Gasteiger partial charge in [0, 0.05) is 18.7 Å². The van der Waals surface area contributed by atoms with Crippen LogP contribution in [-0.2, 0) is 6.54 Å². The van der Waals surface area contributed by atoms with Gasteiger partial charge in [-0.15, -0.1) is 10.2 Å². The number of aromatic nitrogens is 3. The highest BCUT2D eigenvalue weighted by Crippen LogP contribution is 2.28. The minimum atomic E-state index is 0.282. The van der Waals surface area contributed by atoms with Crippen LogP contribution in [0, 0.1) is 13.8 Å². The minimum Gasteiger partial charge on any atom is -0.308 e. The minimum absolute atomic E-state index is 0.282. The molecule has 1 aliphatic heterocycles. The summed E-state index contributed by atoms with van der Waals surface area (Å²) < 4.78 is 2.25. The third kappa shape index (κ3) is 1.64. The number of aryl methyl sites for hydroxylation is 2. The molecule has 0 saturated carbocycles. The molecule has 18 heavy (non-hydrogen) atoms. The van der Waals surface area contributed by atoms with Crippen LogP contribution >= 0.6 is 0 Å². The van der Waals surface area contributed by atoms with Crippen LogP contribution in [0.15, 0.2) is 18.2 Å². The Hall–Kier alpha value is -1.68. The number of rotatable bonds is 1. The first-order valence-electron chi connectivity index (χ1n) is 6.41. The molecule has 1 N–H and O–H groups in total. The van der Waals surface area contributed by atoms with E-state index in [0.717, 1.165) is 24.7 Å². The molecule has 1 aromatic carbocycles. The van der Waals surface area contributed by atoms with E-state index < -0.39 is 0 Å². The fourth-order valence-corrected chi connectivity index (χ4v) is 2.69. The molecular formula is C14H18N4. The van der Waals surface area contributed by atoms with Crippen molar-refractivity contribution in [1.82, 2.24) is 20.1 Å². The number of nitrogens with zero attached hydrogens (tertiary/aromatic N) is 3. The molecule has 1 atom stereocenters. The summed E-state index contributed by atoms with van der Waals surface area (Å²) in [7, 11) is 0. The fraction of sp³-hybridized carbons (Fsp3) is 0.429. The zero-order chi connectivity index (χ0) is 12.7. The average Bonchev–Trinajstić information content (AvgIpc) is 2.75. The third-order valence-electron chi connectivity index (χ3n) is 3.66. The van der Waals surface area contributed by atoms with Gasteiger partial charge >= 0.3 is 0 Å². The first kappa shape index (κ1) is 11.4. The summed E-state index contributed by atoms with van der Waals surface area (Å²) in [6, 6.07) is 6.64. The van der Waals surface area contributed by atoms with Crippen LogP contribution in [-0.4, -0.2) is 21.3 Å². The van der Waals surface area contributed by atoms with Gasteiger partial charge in [-0.25, -0.2) is 0 Å². The number of fused-ring (bicyclic) bond motifs is 1. The van der Waals surface area contributed by atoms with E-state index in [9.17, 15) is 0 Å². The van der Waals surface area contributed by atoms with Crippen molar-refractivity contribution in [3.05, 3.63) is 35.2 Å². The molecule has 4 nitrogen and oxygen atoms in total. The Morgan fingerprint density at radius 1 is 1.22 bits per heavy atom. The maximum atomic E-state index is 4.41. The summed E-state index contributed by atoms with van der Waals surface area (Å²) in [5.41, 5.74) is 3.75. The summed E-state index contributed by atoms with van der Waals surface area (Å²) in [6.07, 6.45) is 0. The molecule has 1 aliphatic rings. The Balaban J connectivity index is 2.19. The van der Waals surface area contributed by atoms with Gasteiger partial charge in [-0.05, 0) is 31.9 Å². The van der Waals surface area contributed by atoms with Crippen molar-refractivity contribution in [2.45, 2.75) is 33.4 Å². The third-order valence-corrected chi connectivity index (χ3v) is 3.66. The predicted octanol–water partition coefficient (Wildman–Crippen LogP) is 2.23. The molecule has 0 bridgehead atoms. The van der Waals surface area contributed by atoms with Gasteiger partial charge in [0.25, 0.3) is 0 Å². The van der Waals surface area contributed by atoms with Gasteiger partial charge in [0.05, 0.1) is 6.04 Å². The first-order valence-corrected chi connectivity index (χ1v) is 6.41. The van der Waals surface area contributed by atoms with Gasteiger partial charge in [-0.2, -0.15) is 0 Å². The number of nitrogens with one attached hydrogen (secondary N) is 1. The summed E-state index contributed by atoms with van der Waals surface area (Å²) in [6.45, 7) is 8.32. The van der Waals surface area contributed by atoms with E-state index in [1.807, 2.05) is 0 Å². The largest absolute Gasteiger partial charge is 0.308 e. The standard InChI is InChI=1S/C14H18N4/c1-9-5-4-6-10(2)12(9)14-17-16-13-11(3)15-7-8-18(13)14/h4-6,11,15H,7-8H2,1-3H3. The highest BCUT2D eigenvalue weighted by Gasteiger charge is 2.23. The molecule has 0 aliphatic carbocycles. The van der Waals surface area contributed by atoms with Gasteiger partial charge < -0.3 is 9.88 Å². The van der Waals surface area contributed by atoms with E-state index in [4.69, 9.17) is 0 Å². The smallest absolute Gasteiger partial charge is 0.164 e. The lowest BCUT2D eigenvalue weighted by molar-refractivity contribution is 0.439. The SMILES string of the molecule is Cc1cccc(C)c1-c1nnc2n1CCNC2C. The Morgan fingerprint density at radius 2 is 1.94 bits per heavy atom. The monoisotopic (exact) mass is 242 g/mol. The molecule has 94 valence electrons. The second-order valence-corrected chi connectivity index (χ2v) is 4.98. The van der Waals surface area contributed by atoms with Crippen LogP contribution in [0.3, 0.4) is 0 Å². The summed E-state index contributed by atoms with van der Waals surface area (Å²) in [5, 5.41) is 12.2. The lowest BCUT2D eigenvalue weighted by atomic mass is 10.0. The van der Waals surface area contributed by atoms with Crippen LogP contribution < -0.4 is 5.32 Å². The van der Waals surface area contributed by atoms with Gasteiger partial charge in [-0.3, -0.25) is 0 Å². The fourth-order valence-electron chi connectivity index (χ4n) is 2.69. The van der Waals surface area contributed by atoms with E-state index in [1.54, 1.807) is 0 Å². The van der Waals surface area contributed by atoms with Crippen LogP contribution in [0.4, 0.5) is 0 Å². The normalized spacial score (nSPS) is 18.7. The molecule has 0 amide bonds. The molecule has 1 aromatic heterocycles. The Morgan fingerprint density at radius 3 is 2.67 bits per heavy atom. The molecule has 0 saturated heterocycles. The quantitative estimate of drug-likeness (QED) is 0.834. The zero-order valence-electron chi connectivity index (χ0n) is 11.1. The van der Waals surface area contributed by atoms with Gasteiger partial charge in [-0.1, -0.05) is 18.2 Å². The van der Waals surface area contributed by atoms with Crippen molar-refractivity contribution in [1.29, 1.82) is 0 Å². The molecule has 0 spiro atoms. The summed E-state index contributed by atoms with van der Waals surface area (Å²) >= 11 is 0. The lowest BCUT2D eigenvalue weighted by Crippen LogP contribution is -2.32. The Labute approximate surface area is 107 Å². The molecule has 1 unspecified atom stereocenters. The second-order valence-electron chi connectivity index (χ2n) is 4.98. The molecule has 0 fully saturated rings. The molecule has 4 heteroatoms. The molecule has 3 rings (SSSR count). The second kappa shape index (κ2) is 4.21. The molecule has 2 heterocycles. The molecule has 2 aromatic rings. The van der Waals surface area contributed by atoms with Crippen molar-refractivity contribution < 1.29 is 0 Å². The zero-order valence-corrected chi connectivity index (χ0v) is 11.1. The molecular weight excluding hydrogens is 224 g/mol. The van der Waals surface area contributed by atoms with E-state index in [1.165, 1.54) is 16.7 Å². The van der Waals surface area contributed by atoms with E-state index in [0.29, 0.717) is 0 Å². The summed E-state index contributed by atoms with van der Waals surface area (Å²) in [4.78, 5) is 0. The summed E-state index contributed by atoms with van der Waals surface area (Å²) in [5.74, 6) is 2.05. The van der Waals surface area contributed by atoms with Crippen LogP contribution in [0.25, 0.3) is 11.4 Å². The van der Waals surface area contributed by atoms with Gasteiger partial charge in [0.1, 0.15) is 5.82 Å². The van der Waals surface area contributed by atoms with E-state index in [-0.39, 0.29) is 6.04 Å². The van der Waals surface area contributed by atoms with Crippen LogP contribution in [0.5, 0.6) is 0 Å². The van der Waals surface area contributed by atoms with Crippen molar-refractivity contribution in [2.24, 2.45) is 0 Å². The molecule has 0 radical (unpaired) electrons. The first-order chi connectivity index (χ1) is 8.68. The topological polar surface area (TPSA) is 42.7 Å². The maximum absolute atomic E-state index is 4.41. The Bertz CT molecular complexity index is 565. The number of benzene rings is 1. The van der Waals surface area contributed by atoms with E-state index in [2.05, 4.69) is 59.1 Å². The van der Waals surface area contributed by atoms with Crippen molar-refractivity contribution >= 4 is 0 Å².